The molecule has 0 spiro atoms. The molecule has 0 bridgehead atoms. The van der Waals surface area contributed by atoms with E-state index in [9.17, 15) is 0 Å². The minimum Gasteiger partial charge on any atom is -0.409 e. The molecular weight excluding hydrogens is 178 g/mol. The van der Waals surface area contributed by atoms with Crippen LogP contribution in [0.2, 0.25) is 0 Å². The average Bonchev–Trinajstić information content (AvgIpc) is 2.14. The van der Waals surface area contributed by atoms with Crippen LogP contribution in [0.3, 0.4) is 0 Å². The smallest absolute Gasteiger partial charge is 0.139 e. The van der Waals surface area contributed by atoms with Gasteiger partial charge in [0.25, 0.3) is 0 Å². The summed E-state index contributed by atoms with van der Waals surface area (Å²) in [5, 5.41) is 11.3. The summed E-state index contributed by atoms with van der Waals surface area (Å²) in [5.74, 6) is 1.07. The van der Waals surface area contributed by atoms with Crippen molar-refractivity contribution in [2.75, 3.05) is 20.1 Å². The lowest BCUT2D eigenvalue weighted by Crippen LogP contribution is -2.23. The summed E-state index contributed by atoms with van der Waals surface area (Å²) in [6.45, 7) is 6.57. The van der Waals surface area contributed by atoms with Crippen molar-refractivity contribution in [3.05, 3.63) is 0 Å². The zero-order valence-corrected chi connectivity index (χ0v) is 9.53. The van der Waals surface area contributed by atoms with Crippen molar-refractivity contribution < 1.29 is 5.21 Å². The molecule has 3 N–H and O–H groups in total. The van der Waals surface area contributed by atoms with E-state index >= 15 is 0 Å². The quantitative estimate of drug-likeness (QED) is 0.284. The van der Waals surface area contributed by atoms with Crippen molar-refractivity contribution in [3.8, 4) is 0 Å². The van der Waals surface area contributed by atoms with Gasteiger partial charge in [-0.15, -0.1) is 0 Å². The van der Waals surface area contributed by atoms with Crippen LogP contribution in [0, 0.1) is 5.92 Å². The lowest BCUT2D eigenvalue weighted by atomic mass is 10.1. The Morgan fingerprint density at radius 1 is 1.43 bits per heavy atom. The van der Waals surface area contributed by atoms with Crippen LogP contribution in [0.15, 0.2) is 5.16 Å². The largest absolute Gasteiger partial charge is 0.409 e. The van der Waals surface area contributed by atoms with Gasteiger partial charge >= 0.3 is 0 Å². The Hall–Kier alpha value is -0.770. The molecule has 4 nitrogen and oxygen atoms in total. The van der Waals surface area contributed by atoms with E-state index in [2.05, 4.69) is 31.0 Å². The lowest BCUT2D eigenvalue weighted by Gasteiger charge is -2.17. The molecule has 0 unspecified atom stereocenters. The van der Waals surface area contributed by atoms with E-state index in [1.807, 2.05) is 0 Å². The van der Waals surface area contributed by atoms with E-state index < -0.39 is 0 Å². The highest BCUT2D eigenvalue weighted by molar-refractivity contribution is 5.79. The van der Waals surface area contributed by atoms with E-state index in [1.165, 1.54) is 6.42 Å². The summed E-state index contributed by atoms with van der Waals surface area (Å²) >= 11 is 0. The summed E-state index contributed by atoms with van der Waals surface area (Å²) < 4.78 is 0. The Labute approximate surface area is 86.8 Å². The number of amidine groups is 1. The van der Waals surface area contributed by atoms with Gasteiger partial charge in [-0.05, 0) is 38.9 Å². The first-order valence-corrected chi connectivity index (χ1v) is 5.21. The minimum absolute atomic E-state index is 0.322. The van der Waals surface area contributed by atoms with Crippen LogP contribution in [-0.4, -0.2) is 36.1 Å². The second kappa shape index (κ2) is 7.62. The van der Waals surface area contributed by atoms with Crippen molar-refractivity contribution in [1.82, 2.24) is 4.90 Å². The molecule has 0 aromatic carbocycles. The Kier molecular flexibility index (Phi) is 7.20. The van der Waals surface area contributed by atoms with Crippen LogP contribution < -0.4 is 5.73 Å². The van der Waals surface area contributed by atoms with Gasteiger partial charge in [-0.3, -0.25) is 0 Å². The second-order valence-electron chi connectivity index (χ2n) is 4.18. The summed E-state index contributed by atoms with van der Waals surface area (Å²) in [6.07, 6.45) is 2.84. The molecule has 0 atom stereocenters. The third-order valence-corrected chi connectivity index (χ3v) is 2.19. The van der Waals surface area contributed by atoms with Crippen LogP contribution in [0.25, 0.3) is 0 Å². The number of hydrogen-bond donors (Lipinski definition) is 2. The molecule has 0 aliphatic carbocycles. The molecular formula is C10H23N3O. The molecule has 84 valence electrons. The molecule has 4 heteroatoms. The van der Waals surface area contributed by atoms with Gasteiger partial charge < -0.3 is 15.8 Å². The SMILES string of the molecule is CC(C)CCN(C)CCCC(N)=NO. The first-order chi connectivity index (χ1) is 6.56. The number of oxime groups is 1. The third-order valence-electron chi connectivity index (χ3n) is 2.19. The molecule has 0 radical (unpaired) electrons. The van der Waals surface area contributed by atoms with Gasteiger partial charge in [-0.1, -0.05) is 19.0 Å². The van der Waals surface area contributed by atoms with E-state index in [0.29, 0.717) is 12.3 Å². The lowest BCUT2D eigenvalue weighted by molar-refractivity contribution is 0.303. The van der Waals surface area contributed by atoms with Crippen LogP contribution in [0.4, 0.5) is 0 Å². The van der Waals surface area contributed by atoms with E-state index in [0.717, 1.165) is 25.4 Å². The number of rotatable bonds is 7. The zero-order chi connectivity index (χ0) is 11.0. The summed E-state index contributed by atoms with van der Waals surface area (Å²) in [6, 6.07) is 0. The highest BCUT2D eigenvalue weighted by Gasteiger charge is 2.01. The second-order valence-corrected chi connectivity index (χ2v) is 4.18. The molecule has 0 rings (SSSR count). The molecule has 0 heterocycles. The van der Waals surface area contributed by atoms with Gasteiger partial charge in [0.1, 0.15) is 5.84 Å². The van der Waals surface area contributed by atoms with Gasteiger partial charge in [-0.25, -0.2) is 0 Å². The predicted molar refractivity (Wildman–Crippen MR) is 59.6 cm³/mol. The molecule has 0 amide bonds. The van der Waals surface area contributed by atoms with Gasteiger partial charge in [-0.2, -0.15) is 0 Å². The van der Waals surface area contributed by atoms with Gasteiger partial charge in [0, 0.05) is 6.42 Å². The highest BCUT2D eigenvalue weighted by atomic mass is 16.4. The Bertz CT molecular complexity index is 169. The first kappa shape index (κ1) is 13.2. The fourth-order valence-electron chi connectivity index (χ4n) is 1.17. The molecule has 0 aliphatic heterocycles. The predicted octanol–water partition coefficient (Wildman–Crippen LogP) is 1.49. The highest BCUT2D eigenvalue weighted by Crippen LogP contribution is 2.01. The Morgan fingerprint density at radius 3 is 2.57 bits per heavy atom. The zero-order valence-electron chi connectivity index (χ0n) is 9.53. The monoisotopic (exact) mass is 201 g/mol. The molecule has 0 aromatic heterocycles. The van der Waals surface area contributed by atoms with E-state index in [1.54, 1.807) is 0 Å². The fraction of sp³-hybridized carbons (Fsp3) is 0.900. The number of nitrogens with two attached hydrogens (primary N) is 1. The molecule has 0 aromatic rings. The molecule has 0 saturated heterocycles. The number of hydrogen-bond acceptors (Lipinski definition) is 3. The van der Waals surface area contributed by atoms with Gasteiger partial charge in [0.05, 0.1) is 0 Å². The van der Waals surface area contributed by atoms with E-state index in [-0.39, 0.29) is 0 Å². The van der Waals surface area contributed by atoms with Crippen molar-refractivity contribution in [3.63, 3.8) is 0 Å². The maximum atomic E-state index is 8.33. The van der Waals surface area contributed by atoms with Gasteiger partial charge in [0.15, 0.2) is 0 Å². The third kappa shape index (κ3) is 7.86. The van der Waals surface area contributed by atoms with Crippen LogP contribution in [-0.2, 0) is 0 Å². The molecule has 0 fully saturated rings. The molecule has 0 saturated carbocycles. The van der Waals surface area contributed by atoms with Crippen LogP contribution >= 0.6 is 0 Å². The summed E-state index contributed by atoms with van der Waals surface area (Å²) in [7, 11) is 2.11. The first-order valence-electron chi connectivity index (χ1n) is 5.21. The van der Waals surface area contributed by atoms with Crippen molar-refractivity contribution in [1.29, 1.82) is 0 Å². The van der Waals surface area contributed by atoms with Crippen molar-refractivity contribution >= 4 is 5.84 Å². The minimum atomic E-state index is 0.322. The van der Waals surface area contributed by atoms with Crippen molar-refractivity contribution in [2.24, 2.45) is 16.8 Å². The Balaban J connectivity index is 3.40. The summed E-state index contributed by atoms with van der Waals surface area (Å²) in [5.41, 5.74) is 5.36. The fourth-order valence-corrected chi connectivity index (χ4v) is 1.17. The topological polar surface area (TPSA) is 61.8 Å². The normalized spacial score (nSPS) is 12.8. The number of nitrogens with zero attached hydrogens (tertiary/aromatic N) is 2. The molecule has 14 heavy (non-hydrogen) atoms. The maximum Gasteiger partial charge on any atom is 0.139 e. The molecule has 0 aliphatic rings. The Morgan fingerprint density at radius 2 is 2.07 bits per heavy atom. The van der Waals surface area contributed by atoms with Crippen LogP contribution in [0.1, 0.15) is 33.1 Å². The standard InChI is InChI=1S/C10H23N3O/c1-9(2)6-8-13(3)7-4-5-10(11)12-14/h9,14H,4-8H2,1-3H3,(H2,11,12). The van der Waals surface area contributed by atoms with E-state index in [4.69, 9.17) is 10.9 Å². The van der Waals surface area contributed by atoms with Crippen LogP contribution in [0.5, 0.6) is 0 Å². The average molecular weight is 201 g/mol. The van der Waals surface area contributed by atoms with Crippen molar-refractivity contribution in [2.45, 2.75) is 33.1 Å². The van der Waals surface area contributed by atoms with Gasteiger partial charge in [0.2, 0.25) is 0 Å². The maximum absolute atomic E-state index is 8.33. The summed E-state index contributed by atoms with van der Waals surface area (Å²) in [4.78, 5) is 2.28.